The molecule has 0 saturated heterocycles. The van der Waals surface area contributed by atoms with Gasteiger partial charge in [0, 0.05) is 13.0 Å². The third-order valence-electron chi connectivity index (χ3n) is 5.61. The molecule has 1 amide bonds. The van der Waals surface area contributed by atoms with E-state index in [2.05, 4.69) is 19.1 Å². The number of benzene rings is 2. The minimum Gasteiger partial charge on any atom is -0.478 e. The van der Waals surface area contributed by atoms with E-state index in [0.29, 0.717) is 24.3 Å². The molecule has 1 aliphatic rings. The van der Waals surface area contributed by atoms with Crippen molar-refractivity contribution >= 4 is 11.9 Å². The number of aryl methyl sites for hydroxylation is 1. The van der Waals surface area contributed by atoms with E-state index in [-0.39, 0.29) is 17.5 Å². The van der Waals surface area contributed by atoms with Gasteiger partial charge >= 0.3 is 5.97 Å². The maximum atomic E-state index is 13.1. The second kappa shape index (κ2) is 8.85. The molecule has 142 valence electrons. The number of rotatable bonds is 8. The first-order chi connectivity index (χ1) is 13.1. The summed E-state index contributed by atoms with van der Waals surface area (Å²) < 4.78 is 0. The highest BCUT2D eigenvalue weighted by atomic mass is 16.4. The minimum absolute atomic E-state index is 0.0222. The van der Waals surface area contributed by atoms with E-state index in [4.69, 9.17) is 0 Å². The lowest BCUT2D eigenvalue weighted by Crippen LogP contribution is -2.39. The average Bonchev–Trinajstić information content (AvgIpc) is 2.65. The van der Waals surface area contributed by atoms with Crippen LogP contribution in [0.25, 0.3) is 0 Å². The maximum Gasteiger partial charge on any atom is 0.335 e. The van der Waals surface area contributed by atoms with Gasteiger partial charge in [0.15, 0.2) is 0 Å². The largest absolute Gasteiger partial charge is 0.478 e. The van der Waals surface area contributed by atoms with Crippen molar-refractivity contribution in [3.8, 4) is 0 Å². The summed E-state index contributed by atoms with van der Waals surface area (Å²) in [6, 6.07) is 17.1. The van der Waals surface area contributed by atoms with Crippen LogP contribution in [-0.4, -0.2) is 28.4 Å². The Hall–Kier alpha value is -2.62. The molecule has 1 fully saturated rings. The highest BCUT2D eigenvalue weighted by Gasteiger charge is 2.27. The summed E-state index contributed by atoms with van der Waals surface area (Å²) >= 11 is 0. The first kappa shape index (κ1) is 19.2. The molecule has 4 heteroatoms. The van der Waals surface area contributed by atoms with Crippen molar-refractivity contribution in [2.45, 2.75) is 45.1 Å². The number of amides is 1. The second-order valence-corrected chi connectivity index (χ2v) is 7.39. The van der Waals surface area contributed by atoms with Crippen molar-refractivity contribution in [1.29, 1.82) is 0 Å². The molecule has 2 aromatic rings. The monoisotopic (exact) mass is 365 g/mol. The van der Waals surface area contributed by atoms with Crippen LogP contribution in [0.5, 0.6) is 0 Å². The molecule has 3 rings (SSSR count). The zero-order valence-corrected chi connectivity index (χ0v) is 15.8. The quantitative estimate of drug-likeness (QED) is 0.737. The second-order valence-electron chi connectivity index (χ2n) is 7.39. The fourth-order valence-electron chi connectivity index (χ4n) is 3.67. The summed E-state index contributed by atoms with van der Waals surface area (Å²) in [5.74, 6) is -0.258. The molecule has 0 aliphatic heterocycles. The summed E-state index contributed by atoms with van der Waals surface area (Å²) in [5, 5.41) is 9.34. The van der Waals surface area contributed by atoms with Crippen molar-refractivity contribution in [1.82, 2.24) is 4.90 Å². The van der Waals surface area contributed by atoms with Crippen LogP contribution in [0.2, 0.25) is 0 Å². The molecule has 1 atom stereocenters. The van der Waals surface area contributed by atoms with Gasteiger partial charge in [0.2, 0.25) is 5.91 Å². The Labute approximate surface area is 160 Å². The van der Waals surface area contributed by atoms with Crippen molar-refractivity contribution in [3.63, 3.8) is 0 Å². The van der Waals surface area contributed by atoms with Crippen molar-refractivity contribution < 1.29 is 14.7 Å². The molecule has 2 aromatic carbocycles. The highest BCUT2D eigenvalue weighted by molar-refractivity contribution is 5.89. The molecule has 0 spiro atoms. The molecule has 4 nitrogen and oxygen atoms in total. The van der Waals surface area contributed by atoms with Crippen molar-refractivity contribution in [2.24, 2.45) is 5.92 Å². The van der Waals surface area contributed by atoms with Gasteiger partial charge in [0.05, 0.1) is 11.6 Å². The van der Waals surface area contributed by atoms with E-state index in [9.17, 15) is 14.7 Å². The first-order valence-electron chi connectivity index (χ1n) is 9.72. The van der Waals surface area contributed by atoms with E-state index in [0.717, 1.165) is 12.1 Å². The van der Waals surface area contributed by atoms with E-state index < -0.39 is 5.97 Å². The SMILES string of the molecule is CC(c1ccccc1)N(CC1CCC1)C(=O)CCc1ccccc1C(=O)O. The molecule has 1 saturated carbocycles. The number of aromatic carboxylic acids is 1. The fourth-order valence-corrected chi connectivity index (χ4v) is 3.67. The van der Waals surface area contributed by atoms with Crippen LogP contribution in [0.15, 0.2) is 54.6 Å². The molecule has 1 unspecified atom stereocenters. The molecule has 0 aromatic heterocycles. The summed E-state index contributed by atoms with van der Waals surface area (Å²) in [5.41, 5.74) is 2.14. The third kappa shape index (κ3) is 4.76. The summed E-state index contributed by atoms with van der Waals surface area (Å²) in [7, 11) is 0. The predicted molar refractivity (Wildman–Crippen MR) is 106 cm³/mol. The molecule has 0 heterocycles. The molecule has 27 heavy (non-hydrogen) atoms. The van der Waals surface area contributed by atoms with Crippen LogP contribution >= 0.6 is 0 Å². The van der Waals surface area contributed by atoms with Gasteiger partial charge in [-0.1, -0.05) is 55.0 Å². The van der Waals surface area contributed by atoms with E-state index in [1.54, 1.807) is 18.2 Å². The summed E-state index contributed by atoms with van der Waals surface area (Å²) in [6.07, 6.45) is 4.40. The number of carboxylic acids is 1. The van der Waals surface area contributed by atoms with Crippen LogP contribution in [0.3, 0.4) is 0 Å². The predicted octanol–water partition coefficient (Wildman–Crippen LogP) is 4.71. The number of hydrogen-bond donors (Lipinski definition) is 1. The molecule has 0 radical (unpaired) electrons. The van der Waals surface area contributed by atoms with Gasteiger partial charge in [-0.2, -0.15) is 0 Å². The Morgan fingerprint density at radius 1 is 1.07 bits per heavy atom. The van der Waals surface area contributed by atoms with Gasteiger partial charge < -0.3 is 10.0 Å². The fraction of sp³-hybridized carbons (Fsp3) is 0.391. The third-order valence-corrected chi connectivity index (χ3v) is 5.61. The molecule has 1 N–H and O–H groups in total. The van der Waals surface area contributed by atoms with Crippen LogP contribution in [0, 0.1) is 5.92 Å². The summed E-state index contributed by atoms with van der Waals surface area (Å²) in [4.78, 5) is 26.4. The number of carbonyl (C=O) groups excluding carboxylic acids is 1. The number of nitrogens with zero attached hydrogens (tertiary/aromatic N) is 1. The van der Waals surface area contributed by atoms with Gasteiger partial charge in [0.1, 0.15) is 0 Å². The van der Waals surface area contributed by atoms with Gasteiger partial charge in [-0.3, -0.25) is 4.79 Å². The van der Waals surface area contributed by atoms with Crippen LogP contribution in [0.1, 0.15) is 60.1 Å². The van der Waals surface area contributed by atoms with Crippen LogP contribution in [-0.2, 0) is 11.2 Å². The molecular weight excluding hydrogens is 338 g/mol. The average molecular weight is 365 g/mol. The van der Waals surface area contributed by atoms with Gasteiger partial charge in [-0.25, -0.2) is 4.79 Å². The van der Waals surface area contributed by atoms with Crippen molar-refractivity contribution in [2.75, 3.05) is 6.54 Å². The van der Waals surface area contributed by atoms with Crippen LogP contribution in [0.4, 0.5) is 0 Å². The maximum absolute atomic E-state index is 13.1. The first-order valence-corrected chi connectivity index (χ1v) is 9.72. The van der Waals surface area contributed by atoms with E-state index in [1.165, 1.54) is 19.3 Å². The summed E-state index contributed by atoms with van der Waals surface area (Å²) in [6.45, 7) is 2.87. The normalized spacial score (nSPS) is 15.0. The Morgan fingerprint density at radius 3 is 2.37 bits per heavy atom. The van der Waals surface area contributed by atoms with Crippen LogP contribution < -0.4 is 0 Å². The molecule has 1 aliphatic carbocycles. The number of carboxylic acid groups (broad SMARTS) is 1. The standard InChI is InChI=1S/C23H27NO3/c1-17(19-10-3-2-4-11-19)24(16-18-8-7-9-18)22(25)15-14-20-12-5-6-13-21(20)23(26)27/h2-6,10-13,17-18H,7-9,14-16H2,1H3,(H,26,27). The number of hydrogen-bond acceptors (Lipinski definition) is 2. The Morgan fingerprint density at radius 2 is 1.74 bits per heavy atom. The number of carbonyl (C=O) groups is 2. The minimum atomic E-state index is -0.943. The van der Waals surface area contributed by atoms with Gasteiger partial charge in [-0.05, 0) is 49.3 Å². The van der Waals surface area contributed by atoms with Gasteiger partial charge in [-0.15, -0.1) is 0 Å². The lowest BCUT2D eigenvalue weighted by molar-refractivity contribution is -0.134. The highest BCUT2D eigenvalue weighted by Crippen LogP contribution is 2.31. The Kier molecular flexibility index (Phi) is 6.28. The van der Waals surface area contributed by atoms with Gasteiger partial charge in [0.25, 0.3) is 0 Å². The smallest absolute Gasteiger partial charge is 0.335 e. The Balaban J connectivity index is 1.72. The van der Waals surface area contributed by atoms with E-state index in [1.807, 2.05) is 29.2 Å². The molecule has 0 bridgehead atoms. The lowest BCUT2D eigenvalue weighted by Gasteiger charge is -2.36. The zero-order chi connectivity index (χ0) is 19.2. The Bertz CT molecular complexity index is 783. The lowest BCUT2D eigenvalue weighted by atomic mass is 9.84. The molecular formula is C23H27NO3. The zero-order valence-electron chi connectivity index (χ0n) is 15.8. The topological polar surface area (TPSA) is 57.6 Å². The van der Waals surface area contributed by atoms with E-state index >= 15 is 0 Å². The van der Waals surface area contributed by atoms with Crippen molar-refractivity contribution in [3.05, 3.63) is 71.3 Å².